The van der Waals surface area contributed by atoms with Crippen LogP contribution in [0.25, 0.3) is 0 Å². The second kappa shape index (κ2) is 4.10. The van der Waals surface area contributed by atoms with Gasteiger partial charge in [0.1, 0.15) is 0 Å². The van der Waals surface area contributed by atoms with Gasteiger partial charge in [-0.2, -0.15) is 5.10 Å². The van der Waals surface area contributed by atoms with Gasteiger partial charge in [-0.3, -0.25) is 5.10 Å². The van der Waals surface area contributed by atoms with E-state index in [9.17, 15) is 0 Å². The lowest BCUT2D eigenvalue weighted by atomic mass is 9.75. The summed E-state index contributed by atoms with van der Waals surface area (Å²) < 4.78 is 12.2. The number of aromatic amines is 1. The predicted molar refractivity (Wildman–Crippen MR) is 73.1 cm³/mol. The average molecular weight is 250 g/mol. The molecule has 1 aliphatic rings. The molecule has 1 fully saturated rings. The monoisotopic (exact) mass is 250 g/mol. The Hall–Kier alpha value is -0.805. The summed E-state index contributed by atoms with van der Waals surface area (Å²) in [7, 11) is -0.328. The predicted octanol–water partition coefficient (Wildman–Crippen LogP) is 2.14. The minimum Gasteiger partial charge on any atom is -0.399 e. The van der Waals surface area contributed by atoms with Crippen LogP contribution in [0, 0.1) is 6.92 Å². The van der Waals surface area contributed by atoms with Crippen molar-refractivity contribution in [2.45, 2.75) is 65.6 Å². The summed E-state index contributed by atoms with van der Waals surface area (Å²) in [4.78, 5) is 0. The lowest BCUT2D eigenvalue weighted by molar-refractivity contribution is 0.00578. The molecule has 1 saturated heterocycles. The third kappa shape index (κ3) is 1.99. The van der Waals surface area contributed by atoms with Gasteiger partial charge in [-0.25, -0.2) is 0 Å². The summed E-state index contributed by atoms with van der Waals surface area (Å²) >= 11 is 0. The molecule has 2 rings (SSSR count). The first-order valence-electron chi connectivity index (χ1n) is 6.56. The molecule has 0 aromatic carbocycles. The zero-order chi connectivity index (χ0) is 13.7. The van der Waals surface area contributed by atoms with Crippen molar-refractivity contribution in [2.75, 3.05) is 0 Å². The third-order valence-corrected chi connectivity index (χ3v) is 4.06. The van der Waals surface area contributed by atoms with Crippen molar-refractivity contribution in [3.8, 4) is 0 Å². The fourth-order valence-corrected chi connectivity index (χ4v) is 2.16. The van der Waals surface area contributed by atoms with Crippen LogP contribution < -0.4 is 5.46 Å². The van der Waals surface area contributed by atoms with Gasteiger partial charge < -0.3 is 9.31 Å². The molecule has 0 radical (unpaired) electrons. The summed E-state index contributed by atoms with van der Waals surface area (Å²) in [6.07, 6.45) is 0. The highest BCUT2D eigenvalue weighted by Crippen LogP contribution is 2.37. The molecule has 1 aliphatic heterocycles. The maximum absolute atomic E-state index is 6.10. The Morgan fingerprint density at radius 1 is 1.11 bits per heavy atom. The van der Waals surface area contributed by atoms with Gasteiger partial charge in [0.25, 0.3) is 0 Å². The van der Waals surface area contributed by atoms with E-state index in [0.717, 1.165) is 16.9 Å². The van der Waals surface area contributed by atoms with Gasteiger partial charge in [0.05, 0.1) is 16.9 Å². The second-order valence-electron chi connectivity index (χ2n) is 6.39. The Kier molecular flexibility index (Phi) is 3.10. The molecule has 0 spiro atoms. The first kappa shape index (κ1) is 13.6. The van der Waals surface area contributed by atoms with Crippen LogP contribution in [-0.2, 0) is 9.31 Å². The topological polar surface area (TPSA) is 47.1 Å². The number of hydrogen-bond donors (Lipinski definition) is 1. The fourth-order valence-electron chi connectivity index (χ4n) is 2.16. The van der Waals surface area contributed by atoms with Crippen molar-refractivity contribution in [3.05, 3.63) is 11.4 Å². The maximum atomic E-state index is 6.10. The van der Waals surface area contributed by atoms with Crippen LogP contribution in [0.5, 0.6) is 0 Å². The minimum atomic E-state index is -0.328. The summed E-state index contributed by atoms with van der Waals surface area (Å²) in [6, 6.07) is 0. The quantitative estimate of drug-likeness (QED) is 0.818. The van der Waals surface area contributed by atoms with E-state index in [4.69, 9.17) is 9.31 Å². The van der Waals surface area contributed by atoms with E-state index in [1.165, 1.54) is 0 Å². The molecule has 4 nitrogen and oxygen atoms in total. The Balaban J connectivity index is 2.38. The molecule has 100 valence electrons. The van der Waals surface area contributed by atoms with Gasteiger partial charge in [-0.1, -0.05) is 13.8 Å². The van der Waals surface area contributed by atoms with Crippen LogP contribution in [0.3, 0.4) is 0 Å². The molecule has 1 N–H and O–H groups in total. The number of aryl methyl sites for hydroxylation is 1. The van der Waals surface area contributed by atoms with Crippen molar-refractivity contribution >= 4 is 12.6 Å². The first-order valence-corrected chi connectivity index (χ1v) is 6.56. The molecular weight excluding hydrogens is 227 g/mol. The third-order valence-electron chi connectivity index (χ3n) is 4.06. The van der Waals surface area contributed by atoms with E-state index in [1.807, 2.05) is 6.92 Å². The number of hydrogen-bond acceptors (Lipinski definition) is 3. The average Bonchev–Trinajstić information content (AvgIpc) is 2.66. The summed E-state index contributed by atoms with van der Waals surface area (Å²) in [5.41, 5.74) is 2.50. The number of aromatic nitrogens is 2. The Morgan fingerprint density at radius 2 is 1.61 bits per heavy atom. The minimum absolute atomic E-state index is 0.310. The van der Waals surface area contributed by atoms with E-state index in [-0.39, 0.29) is 18.3 Å². The molecule has 1 aromatic rings. The van der Waals surface area contributed by atoms with Gasteiger partial charge in [-0.05, 0) is 40.5 Å². The van der Waals surface area contributed by atoms with Crippen LogP contribution in [-0.4, -0.2) is 28.5 Å². The smallest absolute Gasteiger partial charge is 0.399 e. The summed E-state index contributed by atoms with van der Waals surface area (Å²) in [6.45, 7) is 14.5. The van der Waals surface area contributed by atoms with E-state index in [0.29, 0.717) is 5.92 Å². The van der Waals surface area contributed by atoms with Gasteiger partial charge in [-0.15, -0.1) is 0 Å². The molecule has 0 amide bonds. The zero-order valence-electron chi connectivity index (χ0n) is 12.4. The van der Waals surface area contributed by atoms with Gasteiger partial charge >= 0.3 is 7.12 Å². The van der Waals surface area contributed by atoms with Crippen LogP contribution in [0.1, 0.15) is 58.8 Å². The molecule has 0 saturated carbocycles. The second-order valence-corrected chi connectivity index (χ2v) is 6.39. The highest BCUT2D eigenvalue weighted by molar-refractivity contribution is 6.63. The van der Waals surface area contributed by atoms with E-state index < -0.39 is 0 Å². The molecule has 1 aromatic heterocycles. The van der Waals surface area contributed by atoms with Crippen molar-refractivity contribution in [3.63, 3.8) is 0 Å². The summed E-state index contributed by atoms with van der Waals surface area (Å²) in [5.74, 6) is 0.351. The standard InChI is InChI=1S/C13H23BN2O2/c1-8(2)11-10(9(3)15-16-11)14-17-12(4,5)13(6,7)18-14/h8H,1-7H3,(H,15,16). The van der Waals surface area contributed by atoms with Gasteiger partial charge in [0.15, 0.2) is 0 Å². The molecule has 5 heteroatoms. The summed E-state index contributed by atoms with van der Waals surface area (Å²) in [5, 5.41) is 7.41. The fraction of sp³-hybridized carbons (Fsp3) is 0.769. The normalized spacial score (nSPS) is 21.9. The van der Waals surface area contributed by atoms with Crippen molar-refractivity contribution in [2.24, 2.45) is 0 Å². The molecule has 2 heterocycles. The number of rotatable bonds is 2. The molecule has 0 bridgehead atoms. The Morgan fingerprint density at radius 3 is 2.06 bits per heavy atom. The lowest BCUT2D eigenvalue weighted by Gasteiger charge is -2.32. The van der Waals surface area contributed by atoms with E-state index in [1.54, 1.807) is 0 Å². The van der Waals surface area contributed by atoms with E-state index >= 15 is 0 Å². The zero-order valence-corrected chi connectivity index (χ0v) is 12.4. The van der Waals surface area contributed by atoms with E-state index in [2.05, 4.69) is 51.7 Å². The van der Waals surface area contributed by atoms with Gasteiger partial charge in [0, 0.05) is 11.2 Å². The number of H-pyrrole nitrogens is 1. The Labute approximate surface area is 110 Å². The lowest BCUT2D eigenvalue weighted by Crippen LogP contribution is -2.41. The first-order chi connectivity index (χ1) is 8.16. The highest BCUT2D eigenvalue weighted by Gasteiger charge is 2.53. The largest absolute Gasteiger partial charge is 0.498 e. The SMILES string of the molecule is Cc1[nH]nc(C(C)C)c1B1OC(C)(C)C(C)(C)O1. The van der Waals surface area contributed by atoms with Crippen LogP contribution >= 0.6 is 0 Å². The Bertz CT molecular complexity index is 436. The maximum Gasteiger partial charge on any atom is 0.498 e. The van der Waals surface area contributed by atoms with Crippen LogP contribution in [0.4, 0.5) is 0 Å². The van der Waals surface area contributed by atoms with Crippen molar-refractivity contribution < 1.29 is 9.31 Å². The molecule has 0 atom stereocenters. The van der Waals surface area contributed by atoms with Gasteiger partial charge in [0.2, 0.25) is 0 Å². The van der Waals surface area contributed by atoms with Crippen molar-refractivity contribution in [1.29, 1.82) is 0 Å². The van der Waals surface area contributed by atoms with Crippen LogP contribution in [0.2, 0.25) is 0 Å². The molecule has 0 unspecified atom stereocenters. The number of nitrogens with one attached hydrogen (secondary N) is 1. The van der Waals surface area contributed by atoms with Crippen molar-refractivity contribution in [1.82, 2.24) is 10.2 Å². The number of nitrogens with zero attached hydrogens (tertiary/aromatic N) is 1. The molecule has 18 heavy (non-hydrogen) atoms. The van der Waals surface area contributed by atoms with Crippen LogP contribution in [0.15, 0.2) is 0 Å². The molecule has 0 aliphatic carbocycles. The highest BCUT2D eigenvalue weighted by atomic mass is 16.7. The molecular formula is C13H23BN2O2.